The van der Waals surface area contributed by atoms with Crippen molar-refractivity contribution >= 4 is 45.7 Å². The highest BCUT2D eigenvalue weighted by atomic mass is 32.2. The summed E-state index contributed by atoms with van der Waals surface area (Å²) in [7, 11) is 0. The summed E-state index contributed by atoms with van der Waals surface area (Å²) < 4.78 is 0.841. The lowest BCUT2D eigenvalue weighted by Gasteiger charge is -2.12. The maximum absolute atomic E-state index is 12.5. The van der Waals surface area contributed by atoms with Gasteiger partial charge in [-0.2, -0.15) is 0 Å². The number of anilines is 2. The van der Waals surface area contributed by atoms with Crippen molar-refractivity contribution in [2.45, 2.75) is 43.9 Å². The van der Waals surface area contributed by atoms with E-state index in [1.807, 2.05) is 19.9 Å². The average Bonchev–Trinajstić information content (AvgIpc) is 3.26. The topological polar surface area (TPSA) is 84.0 Å². The molecule has 0 spiro atoms. The maximum Gasteiger partial charge on any atom is 0.257 e. The molecule has 2 N–H and O–H groups in total. The lowest BCUT2D eigenvalue weighted by molar-refractivity contribution is -0.120. The van der Waals surface area contributed by atoms with Gasteiger partial charge in [0.2, 0.25) is 11.0 Å². The van der Waals surface area contributed by atoms with Crippen LogP contribution in [-0.2, 0) is 11.2 Å². The molecule has 168 valence electrons. The molecule has 0 atom stereocenters. The number of rotatable bonds is 11. The van der Waals surface area contributed by atoms with Gasteiger partial charge in [-0.05, 0) is 55.5 Å². The molecule has 0 aliphatic rings. The fourth-order valence-corrected chi connectivity index (χ4v) is 4.93. The first kappa shape index (κ1) is 23.9. The van der Waals surface area contributed by atoms with E-state index < -0.39 is 0 Å². The third-order valence-electron chi connectivity index (χ3n) is 5.08. The number of amides is 2. The predicted molar refractivity (Wildman–Crippen MR) is 132 cm³/mol. The zero-order valence-electron chi connectivity index (χ0n) is 18.3. The summed E-state index contributed by atoms with van der Waals surface area (Å²) in [6.45, 7) is 4.01. The Morgan fingerprint density at radius 3 is 2.38 bits per heavy atom. The molecule has 2 aromatic carbocycles. The molecule has 6 nitrogen and oxygen atoms in total. The number of benzene rings is 2. The monoisotopic (exact) mass is 468 g/mol. The van der Waals surface area contributed by atoms with E-state index in [4.69, 9.17) is 0 Å². The summed E-state index contributed by atoms with van der Waals surface area (Å²) in [4.78, 5) is 24.7. The van der Waals surface area contributed by atoms with E-state index in [1.165, 1.54) is 16.9 Å². The standard InChI is InChI=1S/C24H28N4O2S2/c1-3-18(4-2)21(29)25-20-14-12-19(13-15-20)22(30)26-23-27-28-24(32-23)31-16-8-11-17-9-6-5-7-10-17/h5-7,9-10,12-15,18H,3-4,8,11,16H2,1-2H3,(H,25,29)(H,26,27,30). The molecule has 0 aliphatic carbocycles. The molecule has 32 heavy (non-hydrogen) atoms. The second-order valence-electron chi connectivity index (χ2n) is 7.34. The van der Waals surface area contributed by atoms with Gasteiger partial charge in [0.1, 0.15) is 0 Å². The number of nitrogens with one attached hydrogen (secondary N) is 2. The second-order valence-corrected chi connectivity index (χ2v) is 9.66. The lowest BCUT2D eigenvalue weighted by Crippen LogP contribution is -2.21. The highest BCUT2D eigenvalue weighted by Gasteiger charge is 2.15. The number of hydrogen-bond donors (Lipinski definition) is 2. The summed E-state index contributed by atoms with van der Waals surface area (Å²) >= 11 is 3.02. The van der Waals surface area contributed by atoms with Crippen molar-refractivity contribution in [3.63, 3.8) is 0 Å². The van der Waals surface area contributed by atoms with Gasteiger partial charge in [0.15, 0.2) is 4.34 Å². The van der Waals surface area contributed by atoms with Crippen molar-refractivity contribution in [1.29, 1.82) is 0 Å². The van der Waals surface area contributed by atoms with Crippen LogP contribution in [0.1, 0.15) is 49.0 Å². The van der Waals surface area contributed by atoms with Gasteiger partial charge in [-0.15, -0.1) is 10.2 Å². The third kappa shape index (κ3) is 7.17. The molecule has 3 aromatic rings. The van der Waals surface area contributed by atoms with E-state index in [9.17, 15) is 9.59 Å². The highest BCUT2D eigenvalue weighted by molar-refractivity contribution is 8.01. The zero-order chi connectivity index (χ0) is 22.8. The van der Waals surface area contributed by atoms with E-state index in [-0.39, 0.29) is 17.7 Å². The Morgan fingerprint density at radius 1 is 0.969 bits per heavy atom. The van der Waals surface area contributed by atoms with Crippen molar-refractivity contribution in [2.24, 2.45) is 5.92 Å². The Bertz CT molecular complexity index is 1000. The first-order valence-electron chi connectivity index (χ1n) is 10.8. The van der Waals surface area contributed by atoms with E-state index in [0.29, 0.717) is 16.4 Å². The van der Waals surface area contributed by atoms with E-state index in [1.54, 1.807) is 36.0 Å². The average molecular weight is 469 g/mol. The van der Waals surface area contributed by atoms with Crippen LogP contribution in [0.3, 0.4) is 0 Å². The van der Waals surface area contributed by atoms with E-state index in [0.717, 1.165) is 35.8 Å². The Balaban J connectivity index is 1.45. The molecule has 0 aliphatic heterocycles. The van der Waals surface area contributed by atoms with Crippen LogP contribution < -0.4 is 10.6 Å². The van der Waals surface area contributed by atoms with Crippen molar-refractivity contribution < 1.29 is 9.59 Å². The summed E-state index contributed by atoms with van der Waals surface area (Å²) in [5, 5.41) is 14.4. The van der Waals surface area contributed by atoms with Gasteiger partial charge in [-0.25, -0.2) is 0 Å². The number of thioether (sulfide) groups is 1. The summed E-state index contributed by atoms with van der Waals surface area (Å²) in [5.41, 5.74) is 2.51. The molecule has 0 unspecified atom stereocenters. The fraction of sp³-hybridized carbons (Fsp3) is 0.333. The van der Waals surface area contributed by atoms with E-state index in [2.05, 4.69) is 45.1 Å². The number of aromatic nitrogens is 2. The quantitative estimate of drug-likeness (QED) is 0.208. The molecule has 0 saturated heterocycles. The van der Waals surface area contributed by atoms with Crippen molar-refractivity contribution in [2.75, 3.05) is 16.4 Å². The minimum Gasteiger partial charge on any atom is -0.326 e. The largest absolute Gasteiger partial charge is 0.326 e. The third-order valence-corrected chi connectivity index (χ3v) is 7.13. The summed E-state index contributed by atoms with van der Waals surface area (Å²) in [6.07, 6.45) is 3.69. The first-order chi connectivity index (χ1) is 15.6. The molecule has 0 saturated carbocycles. The first-order valence-corrected chi connectivity index (χ1v) is 12.6. The van der Waals surface area contributed by atoms with Gasteiger partial charge < -0.3 is 5.32 Å². The van der Waals surface area contributed by atoms with Gasteiger partial charge >= 0.3 is 0 Å². The van der Waals surface area contributed by atoms with Crippen molar-refractivity contribution in [1.82, 2.24) is 10.2 Å². The molecule has 8 heteroatoms. The maximum atomic E-state index is 12.5. The van der Waals surface area contributed by atoms with Gasteiger partial charge in [-0.3, -0.25) is 14.9 Å². The van der Waals surface area contributed by atoms with Gasteiger partial charge in [0.05, 0.1) is 0 Å². The van der Waals surface area contributed by atoms with E-state index >= 15 is 0 Å². The van der Waals surface area contributed by atoms with Crippen LogP contribution in [0.15, 0.2) is 58.9 Å². The van der Waals surface area contributed by atoms with Crippen LogP contribution in [0.4, 0.5) is 10.8 Å². The Labute approximate surface area is 197 Å². The Hall–Kier alpha value is -2.71. The number of nitrogens with zero attached hydrogens (tertiary/aromatic N) is 2. The summed E-state index contributed by atoms with van der Waals surface area (Å²) in [6, 6.07) is 17.3. The normalized spacial score (nSPS) is 10.8. The van der Waals surface area contributed by atoms with Crippen LogP contribution in [0.2, 0.25) is 0 Å². The molecule has 0 fully saturated rings. The Kier molecular flexibility index (Phi) is 9.25. The van der Waals surface area contributed by atoms with Crippen LogP contribution in [0, 0.1) is 5.92 Å². The molecule has 3 rings (SSSR count). The van der Waals surface area contributed by atoms with Crippen LogP contribution in [0.5, 0.6) is 0 Å². The van der Waals surface area contributed by atoms with Gasteiger partial charge in [0, 0.05) is 22.9 Å². The smallest absolute Gasteiger partial charge is 0.257 e. The van der Waals surface area contributed by atoms with Gasteiger partial charge in [0.25, 0.3) is 5.91 Å². The Morgan fingerprint density at radius 2 is 1.69 bits per heavy atom. The highest BCUT2D eigenvalue weighted by Crippen LogP contribution is 2.26. The lowest BCUT2D eigenvalue weighted by atomic mass is 10.0. The zero-order valence-corrected chi connectivity index (χ0v) is 20.0. The molecule has 0 radical (unpaired) electrons. The molecule has 2 amide bonds. The number of aryl methyl sites for hydroxylation is 1. The number of carbonyl (C=O) groups excluding carboxylic acids is 2. The molecule has 1 heterocycles. The van der Waals surface area contributed by atoms with Crippen molar-refractivity contribution in [3.8, 4) is 0 Å². The molecular formula is C24H28N4O2S2. The molecule has 0 bridgehead atoms. The minimum atomic E-state index is -0.250. The number of hydrogen-bond acceptors (Lipinski definition) is 6. The van der Waals surface area contributed by atoms with Crippen LogP contribution in [0.25, 0.3) is 0 Å². The summed E-state index contributed by atoms with van der Waals surface area (Å²) in [5.74, 6) is 0.706. The van der Waals surface area contributed by atoms with Gasteiger partial charge in [-0.1, -0.05) is 67.3 Å². The number of carbonyl (C=O) groups is 2. The fourth-order valence-electron chi connectivity index (χ4n) is 3.18. The van der Waals surface area contributed by atoms with Crippen LogP contribution in [-0.4, -0.2) is 27.8 Å². The predicted octanol–water partition coefficient (Wildman–Crippen LogP) is 5.89. The van der Waals surface area contributed by atoms with Crippen LogP contribution >= 0.6 is 23.1 Å². The minimum absolute atomic E-state index is 0.000724. The molecule has 1 aromatic heterocycles. The SMILES string of the molecule is CCC(CC)C(=O)Nc1ccc(C(=O)Nc2nnc(SCCCc3ccccc3)s2)cc1. The molecular weight excluding hydrogens is 440 g/mol. The second kappa shape index (κ2) is 12.4. The van der Waals surface area contributed by atoms with Crippen molar-refractivity contribution in [3.05, 3.63) is 65.7 Å².